The van der Waals surface area contributed by atoms with Gasteiger partial charge in [0.2, 0.25) is 0 Å². The molecule has 0 spiro atoms. The maximum absolute atomic E-state index is 10.9. The molecular formula is C11H9NO. The Hall–Kier alpha value is -1.88. The highest BCUT2D eigenvalue weighted by Crippen LogP contribution is 2.01. The summed E-state index contributed by atoms with van der Waals surface area (Å²) in [5.41, 5.74) is 0.966. The number of nitrogens with zero attached hydrogens (tertiary/aromatic N) is 1. The minimum atomic E-state index is -0.161. The van der Waals surface area contributed by atoms with Crippen LogP contribution in [0.3, 0.4) is 0 Å². The Kier molecular flexibility index (Phi) is 3.46. The van der Waals surface area contributed by atoms with Crippen LogP contribution in [0.4, 0.5) is 0 Å². The molecule has 0 heterocycles. The van der Waals surface area contributed by atoms with Crippen molar-refractivity contribution in [2.24, 2.45) is 0 Å². The fourth-order valence-corrected chi connectivity index (χ4v) is 0.890. The third-order valence-corrected chi connectivity index (χ3v) is 1.51. The van der Waals surface area contributed by atoms with Gasteiger partial charge in [0.1, 0.15) is 0 Å². The first-order valence-corrected chi connectivity index (χ1v) is 3.96. The van der Waals surface area contributed by atoms with Crippen molar-refractivity contribution in [1.82, 2.24) is 0 Å². The largest absolute Gasteiger partial charge is 0.294 e. The number of ketones is 1. The van der Waals surface area contributed by atoms with Crippen LogP contribution >= 0.6 is 0 Å². The molecular weight excluding hydrogens is 162 g/mol. The van der Waals surface area contributed by atoms with Gasteiger partial charge in [0.05, 0.1) is 12.5 Å². The third kappa shape index (κ3) is 3.35. The van der Waals surface area contributed by atoms with Crippen molar-refractivity contribution in [3.63, 3.8) is 0 Å². The van der Waals surface area contributed by atoms with Crippen molar-refractivity contribution >= 4 is 11.9 Å². The molecule has 0 atom stereocenters. The Morgan fingerprint density at radius 2 is 2.08 bits per heavy atom. The summed E-state index contributed by atoms with van der Waals surface area (Å²) in [6.45, 7) is 0. The minimum Gasteiger partial charge on any atom is -0.294 e. The molecule has 0 bridgehead atoms. The number of hydrogen-bond acceptors (Lipinski definition) is 2. The molecule has 0 aliphatic heterocycles. The summed E-state index contributed by atoms with van der Waals surface area (Å²) in [6.07, 6.45) is 3.08. The van der Waals surface area contributed by atoms with Gasteiger partial charge in [0.15, 0.2) is 5.78 Å². The number of allylic oxidation sites excluding steroid dienone is 1. The summed E-state index contributed by atoms with van der Waals surface area (Å²) in [7, 11) is 0. The van der Waals surface area contributed by atoms with Gasteiger partial charge >= 0.3 is 0 Å². The number of nitriles is 1. The molecule has 0 radical (unpaired) electrons. The van der Waals surface area contributed by atoms with Crippen LogP contribution in [0.5, 0.6) is 0 Å². The zero-order valence-corrected chi connectivity index (χ0v) is 7.10. The van der Waals surface area contributed by atoms with Crippen LogP contribution in [0.25, 0.3) is 6.08 Å². The summed E-state index contributed by atoms with van der Waals surface area (Å²) < 4.78 is 0. The van der Waals surface area contributed by atoms with Crippen LogP contribution in [0.1, 0.15) is 12.0 Å². The molecule has 0 fully saturated rings. The van der Waals surface area contributed by atoms with E-state index in [-0.39, 0.29) is 12.2 Å². The van der Waals surface area contributed by atoms with E-state index in [1.165, 1.54) is 6.08 Å². The van der Waals surface area contributed by atoms with Crippen LogP contribution in [-0.4, -0.2) is 5.78 Å². The molecule has 64 valence electrons. The molecule has 0 N–H and O–H groups in total. The maximum Gasteiger partial charge on any atom is 0.169 e. The van der Waals surface area contributed by atoms with Crippen LogP contribution in [-0.2, 0) is 4.79 Å². The Balaban J connectivity index is 2.60. The van der Waals surface area contributed by atoms with E-state index in [9.17, 15) is 4.79 Å². The Morgan fingerprint density at radius 1 is 1.38 bits per heavy atom. The number of rotatable bonds is 3. The Labute approximate surface area is 77.1 Å². The van der Waals surface area contributed by atoms with Crippen molar-refractivity contribution in [3.8, 4) is 6.07 Å². The zero-order valence-electron chi connectivity index (χ0n) is 7.10. The molecule has 2 heteroatoms. The first-order chi connectivity index (χ1) is 6.33. The normalized spacial score (nSPS) is 9.77. The quantitative estimate of drug-likeness (QED) is 0.654. The minimum absolute atomic E-state index is 0.0522. The van der Waals surface area contributed by atoms with Gasteiger partial charge < -0.3 is 0 Å². The van der Waals surface area contributed by atoms with Gasteiger partial charge in [0.25, 0.3) is 0 Å². The smallest absolute Gasteiger partial charge is 0.169 e. The standard InChI is InChI=1S/C11H9NO/c12-9-8-11(13)7-6-10-4-2-1-3-5-10/h1-7H,8H2/b7-6+. The molecule has 0 aliphatic rings. The highest BCUT2D eigenvalue weighted by Gasteiger charge is 1.92. The van der Waals surface area contributed by atoms with Crippen molar-refractivity contribution in [3.05, 3.63) is 42.0 Å². The Bertz CT molecular complexity index is 346. The molecule has 0 amide bonds. The number of carbonyl (C=O) groups is 1. The monoisotopic (exact) mass is 171 g/mol. The first-order valence-electron chi connectivity index (χ1n) is 3.96. The lowest BCUT2D eigenvalue weighted by Gasteiger charge is -1.89. The summed E-state index contributed by atoms with van der Waals surface area (Å²) in [6, 6.07) is 11.3. The van der Waals surface area contributed by atoms with Gasteiger partial charge in [0, 0.05) is 0 Å². The summed E-state index contributed by atoms with van der Waals surface area (Å²) in [4.78, 5) is 10.9. The van der Waals surface area contributed by atoms with Gasteiger partial charge in [-0.1, -0.05) is 36.4 Å². The molecule has 0 unspecified atom stereocenters. The van der Waals surface area contributed by atoms with Gasteiger partial charge in [-0.2, -0.15) is 5.26 Å². The highest BCUT2D eigenvalue weighted by atomic mass is 16.1. The van der Waals surface area contributed by atoms with E-state index < -0.39 is 0 Å². The third-order valence-electron chi connectivity index (χ3n) is 1.51. The summed E-state index contributed by atoms with van der Waals surface area (Å²) in [5, 5.41) is 8.23. The highest BCUT2D eigenvalue weighted by molar-refractivity contribution is 5.94. The molecule has 0 aromatic heterocycles. The number of benzene rings is 1. The van der Waals surface area contributed by atoms with Gasteiger partial charge in [-0.3, -0.25) is 4.79 Å². The average molecular weight is 171 g/mol. The lowest BCUT2D eigenvalue weighted by molar-refractivity contribution is -0.113. The molecule has 0 saturated carbocycles. The molecule has 13 heavy (non-hydrogen) atoms. The number of hydrogen-bond donors (Lipinski definition) is 0. The predicted octanol–water partition coefficient (Wildman–Crippen LogP) is 2.18. The van der Waals surface area contributed by atoms with E-state index in [1.807, 2.05) is 30.3 Å². The molecule has 1 rings (SSSR count). The van der Waals surface area contributed by atoms with Crippen LogP contribution in [0, 0.1) is 11.3 Å². The molecule has 1 aromatic carbocycles. The van der Waals surface area contributed by atoms with Gasteiger partial charge in [-0.25, -0.2) is 0 Å². The Morgan fingerprint density at radius 3 is 2.69 bits per heavy atom. The van der Waals surface area contributed by atoms with E-state index in [0.29, 0.717) is 0 Å². The fourth-order valence-electron chi connectivity index (χ4n) is 0.890. The van der Waals surface area contributed by atoms with Crippen LogP contribution < -0.4 is 0 Å². The lowest BCUT2D eigenvalue weighted by Crippen LogP contribution is -1.88. The summed E-state index contributed by atoms with van der Waals surface area (Å²) in [5.74, 6) is -0.161. The SMILES string of the molecule is N#CCC(=O)/C=C/c1ccccc1. The fraction of sp³-hybridized carbons (Fsp3) is 0.0909. The predicted molar refractivity (Wildman–Crippen MR) is 50.7 cm³/mol. The van der Waals surface area contributed by atoms with Gasteiger partial charge in [-0.05, 0) is 11.6 Å². The van der Waals surface area contributed by atoms with Crippen molar-refractivity contribution in [2.75, 3.05) is 0 Å². The molecule has 1 aromatic rings. The second-order valence-corrected chi connectivity index (χ2v) is 2.55. The second-order valence-electron chi connectivity index (χ2n) is 2.55. The van der Waals surface area contributed by atoms with Crippen molar-refractivity contribution < 1.29 is 4.79 Å². The summed E-state index contributed by atoms with van der Waals surface area (Å²) >= 11 is 0. The lowest BCUT2D eigenvalue weighted by atomic mass is 10.2. The second kappa shape index (κ2) is 4.89. The zero-order chi connectivity index (χ0) is 9.52. The van der Waals surface area contributed by atoms with Crippen molar-refractivity contribution in [2.45, 2.75) is 6.42 Å². The van der Waals surface area contributed by atoms with Gasteiger partial charge in [-0.15, -0.1) is 0 Å². The first kappa shape index (κ1) is 9.21. The number of carbonyl (C=O) groups excluding carboxylic acids is 1. The van der Waals surface area contributed by atoms with E-state index >= 15 is 0 Å². The molecule has 0 aliphatic carbocycles. The van der Waals surface area contributed by atoms with E-state index in [4.69, 9.17) is 5.26 Å². The average Bonchev–Trinajstić information content (AvgIpc) is 2.17. The van der Waals surface area contributed by atoms with E-state index in [2.05, 4.69) is 0 Å². The maximum atomic E-state index is 10.9. The van der Waals surface area contributed by atoms with Crippen molar-refractivity contribution in [1.29, 1.82) is 5.26 Å². The van der Waals surface area contributed by atoms with Crippen LogP contribution in [0.15, 0.2) is 36.4 Å². The van der Waals surface area contributed by atoms with E-state index in [0.717, 1.165) is 5.56 Å². The topological polar surface area (TPSA) is 40.9 Å². The van der Waals surface area contributed by atoms with Crippen LogP contribution in [0.2, 0.25) is 0 Å². The molecule has 0 saturated heterocycles. The molecule has 2 nitrogen and oxygen atoms in total. The van der Waals surface area contributed by atoms with E-state index in [1.54, 1.807) is 12.1 Å².